The van der Waals surface area contributed by atoms with Crippen molar-refractivity contribution in [3.63, 3.8) is 0 Å². The molecule has 0 bridgehead atoms. The van der Waals surface area contributed by atoms with Crippen LogP contribution in [0.1, 0.15) is 41.0 Å². The highest BCUT2D eigenvalue weighted by atomic mass is 32.2. The van der Waals surface area contributed by atoms with Crippen molar-refractivity contribution in [1.82, 2.24) is 10.0 Å². The number of sulfonamides is 1. The monoisotopic (exact) mass is 387 g/mol. The van der Waals surface area contributed by atoms with Crippen molar-refractivity contribution in [2.75, 3.05) is 6.54 Å². The van der Waals surface area contributed by atoms with Crippen molar-refractivity contribution in [2.45, 2.75) is 57.1 Å². The van der Waals surface area contributed by atoms with E-state index < -0.39 is 32.2 Å². The summed E-state index contributed by atoms with van der Waals surface area (Å²) in [7, 11) is -3.80. The van der Waals surface area contributed by atoms with Crippen molar-refractivity contribution < 1.29 is 22.9 Å². The van der Waals surface area contributed by atoms with Crippen molar-refractivity contribution >= 4 is 21.8 Å². The van der Waals surface area contributed by atoms with Gasteiger partial charge in [0.2, 0.25) is 10.0 Å². The molecule has 1 aromatic carbocycles. The normalized spacial score (nSPS) is 12.5. The largest absolute Gasteiger partial charge is 0.444 e. The Morgan fingerprint density at radius 1 is 1.15 bits per heavy atom. The van der Waals surface area contributed by atoms with Crippen molar-refractivity contribution in [2.24, 2.45) is 0 Å². The van der Waals surface area contributed by atoms with Crippen LogP contribution in [-0.4, -0.2) is 37.1 Å². The van der Waals surface area contributed by atoms with Gasteiger partial charge >= 0.3 is 6.09 Å². The summed E-state index contributed by atoms with van der Waals surface area (Å²) in [5.41, 5.74) is -1.51. The van der Waals surface area contributed by atoms with Crippen molar-refractivity contribution in [3.8, 4) is 0 Å². The molecular formula is C16H25N3O6S. The lowest BCUT2D eigenvalue weighted by atomic mass is 10.0. The average Bonchev–Trinajstić information content (AvgIpc) is 2.43. The van der Waals surface area contributed by atoms with Gasteiger partial charge in [-0.15, -0.1) is 0 Å². The predicted octanol–water partition coefficient (Wildman–Crippen LogP) is 2.57. The van der Waals surface area contributed by atoms with Crippen molar-refractivity contribution in [1.29, 1.82) is 0 Å². The van der Waals surface area contributed by atoms with Crippen molar-refractivity contribution in [3.05, 3.63) is 34.4 Å². The van der Waals surface area contributed by atoms with E-state index in [1.54, 1.807) is 34.6 Å². The number of non-ortho nitro benzene ring substituents is 1. The van der Waals surface area contributed by atoms with E-state index in [9.17, 15) is 23.3 Å². The maximum atomic E-state index is 12.2. The van der Waals surface area contributed by atoms with Gasteiger partial charge in [0.25, 0.3) is 5.69 Å². The number of hydrogen-bond acceptors (Lipinski definition) is 6. The van der Waals surface area contributed by atoms with Crippen LogP contribution in [0, 0.1) is 10.1 Å². The minimum atomic E-state index is -3.80. The van der Waals surface area contributed by atoms with Gasteiger partial charge in [0.1, 0.15) is 5.60 Å². The van der Waals surface area contributed by atoms with E-state index >= 15 is 0 Å². The Labute approximate surface area is 153 Å². The fraction of sp³-hybridized carbons (Fsp3) is 0.562. The van der Waals surface area contributed by atoms with E-state index in [1.165, 1.54) is 12.1 Å². The molecular weight excluding hydrogens is 362 g/mol. The molecule has 26 heavy (non-hydrogen) atoms. The zero-order chi connectivity index (χ0) is 20.2. The molecule has 9 nitrogen and oxygen atoms in total. The fourth-order valence-corrected chi connectivity index (χ4v) is 3.00. The summed E-state index contributed by atoms with van der Waals surface area (Å²) in [6.07, 6.45) is -0.265. The van der Waals surface area contributed by atoms with Gasteiger partial charge in [-0.25, -0.2) is 17.9 Å². The molecule has 0 heterocycles. The molecule has 0 unspecified atom stereocenters. The number of alkyl carbamates (subject to hydrolysis) is 1. The van der Waals surface area contributed by atoms with Crippen LogP contribution in [0.15, 0.2) is 29.2 Å². The molecule has 0 aliphatic rings. The maximum absolute atomic E-state index is 12.2. The third-order valence-corrected chi connectivity index (χ3v) is 4.72. The number of nitro benzene ring substituents is 1. The molecule has 0 aromatic heterocycles. The molecule has 0 radical (unpaired) electrons. The lowest BCUT2D eigenvalue weighted by Crippen LogP contribution is -2.47. The Morgan fingerprint density at radius 2 is 1.69 bits per heavy atom. The lowest BCUT2D eigenvalue weighted by Gasteiger charge is -2.28. The summed E-state index contributed by atoms with van der Waals surface area (Å²) in [5, 5.41) is 13.3. The van der Waals surface area contributed by atoms with E-state index in [0.717, 1.165) is 12.1 Å². The summed E-state index contributed by atoms with van der Waals surface area (Å²) in [5.74, 6) is 0. The molecule has 1 amide bonds. The highest BCUT2D eigenvalue weighted by Crippen LogP contribution is 2.16. The maximum Gasteiger partial charge on any atom is 0.408 e. The summed E-state index contributed by atoms with van der Waals surface area (Å²) < 4.78 is 32.0. The number of amides is 1. The van der Waals surface area contributed by atoms with E-state index in [1.807, 2.05) is 0 Å². The molecule has 0 aliphatic carbocycles. The average molecular weight is 387 g/mol. The molecule has 2 N–H and O–H groups in total. The van der Waals surface area contributed by atoms with Gasteiger partial charge < -0.3 is 10.1 Å². The minimum Gasteiger partial charge on any atom is -0.444 e. The zero-order valence-corrected chi connectivity index (χ0v) is 16.3. The molecule has 0 saturated heterocycles. The second-order valence-corrected chi connectivity index (χ2v) is 9.18. The predicted molar refractivity (Wildman–Crippen MR) is 96.4 cm³/mol. The number of carbonyl (C=O) groups excluding carboxylic acids is 1. The Hall–Kier alpha value is -2.20. The van der Waals surface area contributed by atoms with Crippen LogP contribution >= 0.6 is 0 Å². The standard InChI is InChI=1S/C16H25N3O6S/c1-15(2,3)25-14(20)18-16(4,5)10-11-17-26(23,24)13-8-6-12(7-9-13)19(21)22/h6-9,17H,10-11H2,1-5H3,(H,18,20). The van der Waals surface area contributed by atoms with Gasteiger partial charge in [0.15, 0.2) is 0 Å². The molecule has 0 fully saturated rings. The number of benzene rings is 1. The lowest BCUT2D eigenvalue weighted by molar-refractivity contribution is -0.384. The number of carbonyl (C=O) groups is 1. The van der Waals surface area contributed by atoms with E-state index in [0.29, 0.717) is 6.42 Å². The summed E-state index contributed by atoms with van der Waals surface area (Å²) in [6, 6.07) is 4.60. The number of hydrogen-bond donors (Lipinski definition) is 2. The van der Waals surface area contributed by atoms with Crippen LogP contribution in [0.3, 0.4) is 0 Å². The zero-order valence-electron chi connectivity index (χ0n) is 15.5. The third-order valence-electron chi connectivity index (χ3n) is 3.24. The minimum absolute atomic E-state index is 0.0685. The van der Waals surface area contributed by atoms with Crippen LogP contribution in [0.25, 0.3) is 0 Å². The highest BCUT2D eigenvalue weighted by Gasteiger charge is 2.25. The van der Waals surface area contributed by atoms with Gasteiger partial charge in [-0.2, -0.15) is 0 Å². The molecule has 1 rings (SSSR count). The first-order chi connectivity index (χ1) is 11.7. The van der Waals surface area contributed by atoms with Crippen LogP contribution < -0.4 is 10.0 Å². The van der Waals surface area contributed by atoms with Crippen LogP contribution in [0.4, 0.5) is 10.5 Å². The first-order valence-corrected chi connectivity index (χ1v) is 9.45. The highest BCUT2D eigenvalue weighted by molar-refractivity contribution is 7.89. The Balaban J connectivity index is 2.61. The van der Waals surface area contributed by atoms with Gasteiger partial charge in [-0.05, 0) is 53.2 Å². The molecule has 0 saturated carbocycles. The number of nitrogens with zero attached hydrogens (tertiary/aromatic N) is 1. The second-order valence-electron chi connectivity index (χ2n) is 7.41. The first kappa shape index (κ1) is 21.8. The Bertz CT molecular complexity index is 751. The molecule has 0 spiro atoms. The summed E-state index contributed by atoms with van der Waals surface area (Å²) in [4.78, 5) is 21.8. The van der Waals surface area contributed by atoms with Gasteiger partial charge in [-0.3, -0.25) is 10.1 Å². The van der Waals surface area contributed by atoms with E-state index in [-0.39, 0.29) is 17.1 Å². The molecule has 0 aliphatic heterocycles. The number of nitro groups is 1. The number of nitrogens with one attached hydrogen (secondary N) is 2. The molecule has 146 valence electrons. The Kier molecular flexibility index (Phi) is 6.72. The fourth-order valence-electron chi connectivity index (χ4n) is 1.97. The smallest absolute Gasteiger partial charge is 0.408 e. The molecule has 0 atom stereocenters. The van der Waals surface area contributed by atoms with Crippen LogP contribution in [0.2, 0.25) is 0 Å². The van der Waals surface area contributed by atoms with Crippen LogP contribution in [-0.2, 0) is 14.8 Å². The second kappa shape index (κ2) is 8.00. The molecule has 1 aromatic rings. The van der Waals surface area contributed by atoms with E-state index in [2.05, 4.69) is 10.0 Å². The van der Waals surface area contributed by atoms with Gasteiger partial charge in [0, 0.05) is 24.2 Å². The van der Waals surface area contributed by atoms with Gasteiger partial charge in [-0.1, -0.05) is 0 Å². The molecule has 10 heteroatoms. The topological polar surface area (TPSA) is 128 Å². The Morgan fingerprint density at radius 3 is 2.15 bits per heavy atom. The van der Waals surface area contributed by atoms with E-state index in [4.69, 9.17) is 4.74 Å². The quantitative estimate of drug-likeness (QED) is 0.547. The van der Waals surface area contributed by atoms with Crippen LogP contribution in [0.5, 0.6) is 0 Å². The third kappa shape index (κ3) is 7.36. The van der Waals surface area contributed by atoms with Gasteiger partial charge in [0.05, 0.1) is 9.82 Å². The SMILES string of the molecule is CC(C)(CCNS(=O)(=O)c1ccc([N+](=O)[O-])cc1)NC(=O)OC(C)(C)C. The first-order valence-electron chi connectivity index (χ1n) is 7.97. The summed E-state index contributed by atoms with van der Waals surface area (Å²) in [6.45, 7) is 8.81. The number of rotatable bonds is 7. The summed E-state index contributed by atoms with van der Waals surface area (Å²) >= 11 is 0. The number of ether oxygens (including phenoxy) is 1.